The smallest absolute Gasteiger partial charge is 0.200 e. The van der Waals surface area contributed by atoms with Crippen molar-refractivity contribution in [2.45, 2.75) is 0 Å². The van der Waals surface area contributed by atoms with Crippen molar-refractivity contribution in [1.29, 1.82) is 15.8 Å². The summed E-state index contributed by atoms with van der Waals surface area (Å²) in [6.07, 6.45) is -0.431. The highest BCUT2D eigenvalue weighted by Crippen LogP contribution is 1.72. The molecule has 0 bridgehead atoms. The van der Waals surface area contributed by atoms with E-state index in [1.54, 1.807) is 17.9 Å². The Kier molecular flexibility index (Phi) is 5.11. The first-order valence-corrected chi connectivity index (χ1v) is 2.54. The zero-order valence-corrected chi connectivity index (χ0v) is 5.15. The van der Waals surface area contributed by atoms with Crippen LogP contribution in [0, 0.1) is 33.7 Å². The maximum absolute atomic E-state index is 8.13. The predicted octanol–water partition coefficient (Wildman–Crippen LogP) is -1.47. The van der Waals surface area contributed by atoms with Crippen LogP contribution in [0.5, 0.6) is 0 Å². The molecule has 0 heterocycles. The van der Waals surface area contributed by atoms with E-state index in [0.717, 1.165) is 0 Å². The van der Waals surface area contributed by atoms with Crippen LogP contribution in [0.25, 0.3) is 0 Å². The predicted molar refractivity (Wildman–Crippen MR) is 39.9 cm³/mol. The molecule has 0 rings (SSSR count). The zero-order chi connectivity index (χ0) is 7.82. The van der Waals surface area contributed by atoms with Gasteiger partial charge in [0.2, 0.25) is 21.5 Å². The summed E-state index contributed by atoms with van der Waals surface area (Å²) in [6, 6.07) is 0. The molecule has 0 aliphatic rings. The number of hydrogen-bond donors (Lipinski definition) is 0. The van der Waals surface area contributed by atoms with Crippen molar-refractivity contribution in [1.82, 2.24) is 0 Å². The van der Waals surface area contributed by atoms with Crippen LogP contribution < -0.4 is 0 Å². The van der Waals surface area contributed by atoms with Gasteiger partial charge in [-0.2, -0.15) is 0 Å². The van der Waals surface area contributed by atoms with Crippen LogP contribution >= 0.6 is 0 Å². The Morgan fingerprint density at radius 1 is 0.800 bits per heavy atom. The molecule has 0 saturated carbocycles. The lowest BCUT2D eigenvalue weighted by molar-refractivity contribution is 1.56. The van der Waals surface area contributed by atoms with Gasteiger partial charge in [0.05, 0.1) is 6.39 Å². The summed E-state index contributed by atoms with van der Waals surface area (Å²) < 4.78 is 0. The second-order valence-corrected chi connectivity index (χ2v) is 1.46. The first-order chi connectivity index (χ1) is 4.85. The van der Waals surface area contributed by atoms with Gasteiger partial charge in [0.15, 0.2) is 0 Å². The van der Waals surface area contributed by atoms with Crippen LogP contribution in [0.2, 0.25) is 0 Å². The first-order valence-electron chi connectivity index (χ1n) is 2.54. The number of nitriles is 3. The standard InChI is InChI=1S/C3B4N3/c8-1-4-7(5-2-9)6-3-10. The van der Waals surface area contributed by atoms with Crippen molar-refractivity contribution in [2.24, 2.45) is 0 Å². The third-order valence-electron chi connectivity index (χ3n) is 0.801. The van der Waals surface area contributed by atoms with Gasteiger partial charge in [0.1, 0.15) is 0 Å². The van der Waals surface area contributed by atoms with Gasteiger partial charge in [0, 0.05) is 0 Å². The molecule has 39 valence electrons. The van der Waals surface area contributed by atoms with Crippen molar-refractivity contribution in [3.63, 3.8) is 0 Å². The van der Waals surface area contributed by atoms with Gasteiger partial charge < -0.3 is 0 Å². The van der Waals surface area contributed by atoms with Crippen LogP contribution in [0.1, 0.15) is 0 Å². The van der Waals surface area contributed by atoms with Gasteiger partial charge in [-0.15, -0.1) is 0 Å². The molecule has 0 N–H and O–H groups in total. The van der Waals surface area contributed by atoms with Crippen molar-refractivity contribution in [3.05, 3.63) is 0 Å². The molecule has 0 aromatic heterocycles. The second kappa shape index (κ2) is 5.86. The fraction of sp³-hybridized carbons (Fsp3) is 0. The average molecular weight is 121 g/mol. The van der Waals surface area contributed by atoms with Crippen LogP contribution in [0.4, 0.5) is 0 Å². The molecule has 7 heteroatoms. The van der Waals surface area contributed by atoms with Gasteiger partial charge >= 0.3 is 0 Å². The molecule has 0 spiro atoms. The summed E-state index contributed by atoms with van der Waals surface area (Å²) in [6.45, 7) is 0. The molecular weight excluding hydrogens is 121 g/mol. The normalized spacial score (nSPS) is 5.70. The van der Waals surface area contributed by atoms with Gasteiger partial charge in [-0.1, -0.05) is 0 Å². The number of nitrogens with zero attached hydrogens (tertiary/aromatic N) is 3. The SMILES string of the molecule is N#C[B]B([B]C#N)[B]C#N. The van der Waals surface area contributed by atoms with Crippen molar-refractivity contribution < 1.29 is 0 Å². The third kappa shape index (κ3) is 3.70. The van der Waals surface area contributed by atoms with E-state index >= 15 is 0 Å². The fourth-order valence-electron chi connectivity index (χ4n) is 0.403. The Morgan fingerprint density at radius 2 is 1.10 bits per heavy atom. The summed E-state index contributed by atoms with van der Waals surface area (Å²) in [5, 5.41) is 24.4. The second-order valence-electron chi connectivity index (χ2n) is 1.46. The van der Waals surface area contributed by atoms with Crippen LogP contribution in [-0.2, 0) is 0 Å². The average Bonchev–Trinajstić information content (AvgIpc) is 1.90. The van der Waals surface area contributed by atoms with Crippen molar-refractivity contribution in [2.75, 3.05) is 0 Å². The molecule has 0 aliphatic carbocycles. The topological polar surface area (TPSA) is 71.4 Å². The molecule has 3 nitrogen and oxygen atoms in total. The molecule has 3 radical (unpaired) electrons. The lowest BCUT2D eigenvalue weighted by Crippen LogP contribution is -2.35. The Balaban J connectivity index is 3.68. The molecule has 0 aromatic carbocycles. The van der Waals surface area contributed by atoms with Crippen LogP contribution in [0.15, 0.2) is 0 Å². The van der Waals surface area contributed by atoms with E-state index in [1.165, 1.54) is 21.5 Å². The molecule has 0 atom stereocenters. The summed E-state index contributed by atoms with van der Waals surface area (Å²) >= 11 is 0. The van der Waals surface area contributed by atoms with Gasteiger partial charge in [0.25, 0.3) is 0 Å². The Labute approximate surface area is 62.4 Å². The maximum Gasteiger partial charge on any atom is 0.200 e. The quantitative estimate of drug-likeness (QED) is 0.428. The minimum absolute atomic E-state index is 0.431. The summed E-state index contributed by atoms with van der Waals surface area (Å²) in [7, 11) is 3.64. The van der Waals surface area contributed by atoms with Gasteiger partial charge in [-0.25, -0.2) is 15.8 Å². The molecular formula is C3B4N3. The lowest BCUT2D eigenvalue weighted by atomic mass is 8.91. The number of hydrogen-bond acceptors (Lipinski definition) is 3. The van der Waals surface area contributed by atoms with Crippen LogP contribution in [0.3, 0.4) is 0 Å². The van der Waals surface area contributed by atoms with E-state index in [-0.39, 0.29) is 0 Å². The van der Waals surface area contributed by atoms with E-state index in [1.807, 2.05) is 0 Å². The minimum atomic E-state index is -0.431. The molecule has 0 saturated heterocycles. The van der Waals surface area contributed by atoms with Crippen LogP contribution in [-0.4, -0.2) is 27.9 Å². The Morgan fingerprint density at radius 3 is 1.30 bits per heavy atom. The minimum Gasteiger partial charge on any atom is -0.214 e. The van der Waals surface area contributed by atoms with E-state index in [9.17, 15) is 0 Å². The molecule has 0 aromatic rings. The first kappa shape index (κ1) is 8.73. The maximum atomic E-state index is 8.13. The Bertz CT molecular complexity index is 169. The molecule has 0 aliphatic heterocycles. The highest BCUT2D eigenvalue weighted by molar-refractivity contribution is 7.63. The Hall–Kier alpha value is -1.27. The lowest BCUT2D eigenvalue weighted by Gasteiger charge is -1.90. The summed E-state index contributed by atoms with van der Waals surface area (Å²) in [5.74, 6) is 5.24. The van der Waals surface area contributed by atoms with Gasteiger partial charge in [-0.3, -0.25) is 0 Å². The fourth-order valence-corrected chi connectivity index (χ4v) is 0.403. The third-order valence-corrected chi connectivity index (χ3v) is 0.801. The van der Waals surface area contributed by atoms with E-state index in [2.05, 4.69) is 0 Å². The van der Waals surface area contributed by atoms with E-state index in [4.69, 9.17) is 15.8 Å². The van der Waals surface area contributed by atoms with Crippen molar-refractivity contribution >= 4 is 27.9 Å². The van der Waals surface area contributed by atoms with Crippen molar-refractivity contribution in [3.8, 4) is 17.9 Å². The highest BCUT2D eigenvalue weighted by Gasteiger charge is 2.15. The molecule has 0 amide bonds. The van der Waals surface area contributed by atoms with E-state index < -0.39 is 6.39 Å². The molecule has 10 heavy (non-hydrogen) atoms. The summed E-state index contributed by atoms with van der Waals surface area (Å²) in [4.78, 5) is 0. The molecule has 0 unspecified atom stereocenters. The monoisotopic (exact) mass is 122 g/mol. The number of rotatable bonds is 3. The zero-order valence-electron chi connectivity index (χ0n) is 5.15. The highest BCUT2D eigenvalue weighted by atomic mass is 14.2. The largest absolute Gasteiger partial charge is 0.214 e. The summed E-state index contributed by atoms with van der Waals surface area (Å²) in [5.41, 5.74) is 0. The molecule has 0 fully saturated rings. The van der Waals surface area contributed by atoms with E-state index in [0.29, 0.717) is 0 Å². The van der Waals surface area contributed by atoms with Gasteiger partial charge in [-0.05, 0) is 17.9 Å².